The summed E-state index contributed by atoms with van der Waals surface area (Å²) >= 11 is 1.18. The summed E-state index contributed by atoms with van der Waals surface area (Å²) in [6, 6.07) is 1.89. The van der Waals surface area contributed by atoms with Crippen LogP contribution < -0.4 is 0 Å². The Hall–Kier alpha value is -1.02. The first-order chi connectivity index (χ1) is 5.22. The average molecular weight is 170 g/mol. The summed E-state index contributed by atoms with van der Waals surface area (Å²) < 4.78 is 4.80. The zero-order chi connectivity index (χ0) is 8.27. The first-order valence-corrected chi connectivity index (χ1v) is 3.89. The van der Waals surface area contributed by atoms with Crippen LogP contribution in [-0.4, -0.2) is 23.0 Å². The molecule has 0 fully saturated rings. The van der Waals surface area contributed by atoms with Gasteiger partial charge in [0.25, 0.3) is 0 Å². The van der Waals surface area contributed by atoms with Gasteiger partial charge >= 0.3 is 5.97 Å². The van der Waals surface area contributed by atoms with Crippen molar-refractivity contribution in [1.29, 1.82) is 5.26 Å². The highest BCUT2D eigenvalue weighted by molar-refractivity contribution is 8.15. The zero-order valence-corrected chi connectivity index (χ0v) is 6.72. The molecular weight excluding hydrogens is 164 g/mol. The van der Waals surface area contributed by atoms with Crippen LogP contribution in [0.25, 0.3) is 0 Å². The number of aliphatic imine (C=N–C) groups is 1. The van der Waals surface area contributed by atoms with Gasteiger partial charge in [0, 0.05) is 6.92 Å². The Morgan fingerprint density at radius 2 is 2.73 bits per heavy atom. The number of thioether (sulfide) groups is 1. The number of carbonyl (C=O) groups excluding carboxylic acids is 1. The molecule has 0 aromatic heterocycles. The van der Waals surface area contributed by atoms with Gasteiger partial charge in [-0.3, -0.25) is 9.79 Å². The quantitative estimate of drug-likeness (QED) is 0.539. The number of carbonyl (C=O) groups is 1. The van der Waals surface area contributed by atoms with Crippen LogP contribution in [0.3, 0.4) is 0 Å². The highest BCUT2D eigenvalue weighted by Crippen LogP contribution is 2.21. The van der Waals surface area contributed by atoms with E-state index in [1.807, 2.05) is 6.07 Å². The molecule has 0 bridgehead atoms. The van der Waals surface area contributed by atoms with E-state index in [1.54, 1.807) is 0 Å². The second kappa shape index (κ2) is 3.39. The SMILES string of the molecule is CC(=O)OC1CN=C(C#N)S1. The predicted molar refractivity (Wildman–Crippen MR) is 41.1 cm³/mol. The summed E-state index contributed by atoms with van der Waals surface area (Å²) in [5.74, 6) is -0.336. The van der Waals surface area contributed by atoms with Gasteiger partial charge in [0.1, 0.15) is 6.07 Å². The molecule has 1 atom stereocenters. The van der Waals surface area contributed by atoms with Crippen molar-refractivity contribution in [3.63, 3.8) is 0 Å². The number of nitrogens with zero attached hydrogens (tertiary/aromatic N) is 2. The van der Waals surface area contributed by atoms with Gasteiger partial charge in [-0.05, 0) is 11.8 Å². The lowest BCUT2D eigenvalue weighted by Crippen LogP contribution is -2.12. The van der Waals surface area contributed by atoms with Crippen LogP contribution in [0.4, 0.5) is 0 Å². The summed E-state index contributed by atoms with van der Waals surface area (Å²) in [6.07, 6.45) is 0. The summed E-state index contributed by atoms with van der Waals surface area (Å²) in [6.45, 7) is 1.73. The summed E-state index contributed by atoms with van der Waals surface area (Å²) in [5.41, 5.74) is -0.290. The molecule has 1 heterocycles. The lowest BCUT2D eigenvalue weighted by Gasteiger charge is -2.05. The van der Waals surface area contributed by atoms with Crippen molar-refractivity contribution < 1.29 is 9.53 Å². The van der Waals surface area contributed by atoms with E-state index in [1.165, 1.54) is 18.7 Å². The van der Waals surface area contributed by atoms with E-state index in [-0.39, 0.29) is 11.4 Å². The Morgan fingerprint density at radius 1 is 2.00 bits per heavy atom. The van der Waals surface area contributed by atoms with E-state index in [0.29, 0.717) is 11.6 Å². The molecule has 0 spiro atoms. The van der Waals surface area contributed by atoms with Crippen molar-refractivity contribution in [3.05, 3.63) is 0 Å². The zero-order valence-electron chi connectivity index (χ0n) is 5.90. The fourth-order valence-electron chi connectivity index (χ4n) is 0.665. The predicted octanol–water partition coefficient (Wildman–Crippen LogP) is 0.544. The van der Waals surface area contributed by atoms with E-state index in [2.05, 4.69) is 4.99 Å². The molecule has 0 radical (unpaired) electrons. The molecule has 4 nitrogen and oxygen atoms in total. The third-order valence-corrected chi connectivity index (χ3v) is 1.97. The average Bonchev–Trinajstić information content (AvgIpc) is 2.34. The Balaban J connectivity index is 2.37. The Bertz CT molecular complexity index is 243. The van der Waals surface area contributed by atoms with Crippen LogP contribution in [0.15, 0.2) is 4.99 Å². The van der Waals surface area contributed by atoms with Gasteiger partial charge in [0.05, 0.1) is 6.54 Å². The molecule has 5 heteroatoms. The maximum Gasteiger partial charge on any atom is 0.303 e. The molecule has 1 aliphatic rings. The van der Waals surface area contributed by atoms with Crippen molar-refractivity contribution in [2.75, 3.05) is 6.54 Å². The lowest BCUT2D eigenvalue weighted by molar-refractivity contribution is -0.141. The van der Waals surface area contributed by atoms with Crippen molar-refractivity contribution >= 4 is 22.8 Å². The molecule has 1 aliphatic heterocycles. The summed E-state index contributed by atoms with van der Waals surface area (Å²) in [4.78, 5) is 14.3. The second-order valence-electron chi connectivity index (χ2n) is 1.91. The number of hydrogen-bond acceptors (Lipinski definition) is 5. The molecule has 0 N–H and O–H groups in total. The molecule has 0 aromatic carbocycles. The Labute approximate surface area is 68.2 Å². The monoisotopic (exact) mass is 170 g/mol. The smallest absolute Gasteiger partial charge is 0.303 e. The minimum Gasteiger partial charge on any atom is -0.449 e. The molecule has 0 saturated carbocycles. The molecule has 0 aromatic rings. The molecule has 1 rings (SSSR count). The van der Waals surface area contributed by atoms with Crippen molar-refractivity contribution in [2.24, 2.45) is 4.99 Å². The molecule has 0 saturated heterocycles. The standard InChI is InChI=1S/C6H6N2O2S/c1-4(9)10-6-3-8-5(2-7)11-6/h6H,3H2,1H3. The van der Waals surface area contributed by atoms with Gasteiger partial charge in [-0.15, -0.1) is 0 Å². The van der Waals surface area contributed by atoms with Crippen LogP contribution >= 0.6 is 11.8 Å². The minimum absolute atomic E-state index is 0.290. The fourth-order valence-corrected chi connectivity index (χ4v) is 1.45. The highest BCUT2D eigenvalue weighted by atomic mass is 32.2. The Morgan fingerprint density at radius 3 is 3.18 bits per heavy atom. The highest BCUT2D eigenvalue weighted by Gasteiger charge is 2.21. The van der Waals surface area contributed by atoms with Gasteiger partial charge in [-0.2, -0.15) is 5.26 Å². The van der Waals surface area contributed by atoms with E-state index in [0.717, 1.165) is 0 Å². The number of ether oxygens (including phenoxy) is 1. The molecule has 0 aliphatic carbocycles. The number of nitriles is 1. The summed E-state index contributed by atoms with van der Waals surface area (Å²) in [5, 5.41) is 8.76. The molecule has 58 valence electrons. The topological polar surface area (TPSA) is 62.4 Å². The van der Waals surface area contributed by atoms with Gasteiger partial charge in [0.15, 0.2) is 10.5 Å². The van der Waals surface area contributed by atoms with Crippen molar-refractivity contribution in [3.8, 4) is 6.07 Å². The number of esters is 1. The Kier molecular flexibility index (Phi) is 2.49. The van der Waals surface area contributed by atoms with Gasteiger partial charge in [-0.25, -0.2) is 0 Å². The van der Waals surface area contributed by atoms with E-state index >= 15 is 0 Å². The second-order valence-corrected chi connectivity index (χ2v) is 3.06. The van der Waals surface area contributed by atoms with Gasteiger partial charge < -0.3 is 4.74 Å². The summed E-state index contributed by atoms with van der Waals surface area (Å²) in [7, 11) is 0. The fraction of sp³-hybridized carbons (Fsp3) is 0.500. The van der Waals surface area contributed by atoms with Crippen LogP contribution in [0.1, 0.15) is 6.92 Å². The van der Waals surface area contributed by atoms with Crippen LogP contribution in [0.5, 0.6) is 0 Å². The molecule has 11 heavy (non-hydrogen) atoms. The van der Waals surface area contributed by atoms with Crippen LogP contribution in [-0.2, 0) is 9.53 Å². The molecule has 1 unspecified atom stereocenters. The lowest BCUT2D eigenvalue weighted by atomic mass is 10.7. The van der Waals surface area contributed by atoms with Crippen LogP contribution in [0, 0.1) is 11.3 Å². The first kappa shape index (κ1) is 8.08. The maximum absolute atomic E-state index is 10.4. The van der Waals surface area contributed by atoms with Crippen LogP contribution in [0.2, 0.25) is 0 Å². The van der Waals surface area contributed by atoms with E-state index in [4.69, 9.17) is 10.00 Å². The van der Waals surface area contributed by atoms with Crippen molar-refractivity contribution in [2.45, 2.75) is 12.4 Å². The van der Waals surface area contributed by atoms with E-state index < -0.39 is 0 Å². The molecule has 0 amide bonds. The van der Waals surface area contributed by atoms with Gasteiger partial charge in [0.2, 0.25) is 0 Å². The minimum atomic E-state index is -0.336. The molecular formula is C6H6N2O2S. The third kappa shape index (κ3) is 2.24. The normalized spacial score (nSPS) is 22.2. The van der Waals surface area contributed by atoms with Crippen molar-refractivity contribution in [1.82, 2.24) is 0 Å². The van der Waals surface area contributed by atoms with E-state index in [9.17, 15) is 4.79 Å². The maximum atomic E-state index is 10.4. The number of rotatable bonds is 1. The largest absolute Gasteiger partial charge is 0.449 e. The third-order valence-electron chi connectivity index (χ3n) is 1.02. The first-order valence-electron chi connectivity index (χ1n) is 3.01. The number of hydrogen-bond donors (Lipinski definition) is 0. The van der Waals surface area contributed by atoms with Gasteiger partial charge in [-0.1, -0.05) is 0 Å².